The number of allylic oxidation sites excluding steroid dienone is 4. The van der Waals surface area contributed by atoms with E-state index in [4.69, 9.17) is 0 Å². The Morgan fingerprint density at radius 3 is 2.20 bits per heavy atom. The van der Waals surface area contributed by atoms with E-state index in [1.165, 1.54) is 24.8 Å². The molecule has 0 bridgehead atoms. The summed E-state index contributed by atoms with van der Waals surface area (Å²) in [6, 6.07) is 2.14. The van der Waals surface area contributed by atoms with Gasteiger partial charge in [-0.3, -0.25) is 0 Å². The summed E-state index contributed by atoms with van der Waals surface area (Å²) in [6.45, 7) is 2.17. The summed E-state index contributed by atoms with van der Waals surface area (Å²) in [6.07, 6.45) is 10.3. The van der Waals surface area contributed by atoms with Gasteiger partial charge in [0.15, 0.2) is 17.5 Å². The molecule has 108 valence electrons. The van der Waals surface area contributed by atoms with Gasteiger partial charge >= 0.3 is 0 Å². The number of hydrogen-bond acceptors (Lipinski definition) is 0. The third-order valence-electron chi connectivity index (χ3n) is 3.69. The molecule has 2 rings (SSSR count). The van der Waals surface area contributed by atoms with Crippen LogP contribution < -0.4 is 0 Å². The third kappa shape index (κ3) is 3.53. The molecular formula is C17H19F3. The number of hydrogen-bond donors (Lipinski definition) is 0. The summed E-state index contributed by atoms with van der Waals surface area (Å²) in [4.78, 5) is 0. The van der Waals surface area contributed by atoms with Gasteiger partial charge in [-0.15, -0.1) is 0 Å². The summed E-state index contributed by atoms with van der Waals surface area (Å²) in [5, 5.41) is 0. The Morgan fingerprint density at radius 1 is 0.950 bits per heavy atom. The van der Waals surface area contributed by atoms with E-state index < -0.39 is 17.5 Å². The van der Waals surface area contributed by atoms with Crippen molar-refractivity contribution in [3.05, 3.63) is 52.9 Å². The Labute approximate surface area is 118 Å². The van der Waals surface area contributed by atoms with Crippen molar-refractivity contribution < 1.29 is 13.2 Å². The predicted octanol–water partition coefficient (Wildman–Crippen LogP) is 5.79. The van der Waals surface area contributed by atoms with Crippen LogP contribution in [0.4, 0.5) is 13.2 Å². The van der Waals surface area contributed by atoms with Crippen molar-refractivity contribution in [2.75, 3.05) is 0 Å². The van der Waals surface area contributed by atoms with Crippen molar-refractivity contribution in [1.29, 1.82) is 0 Å². The molecule has 1 aliphatic rings. The highest BCUT2D eigenvalue weighted by Crippen LogP contribution is 2.30. The van der Waals surface area contributed by atoms with Crippen molar-refractivity contribution in [1.82, 2.24) is 0 Å². The molecule has 0 atom stereocenters. The smallest absolute Gasteiger partial charge is 0.194 e. The Kier molecular flexibility index (Phi) is 5.05. The topological polar surface area (TPSA) is 0 Å². The van der Waals surface area contributed by atoms with E-state index in [0.717, 1.165) is 37.0 Å². The number of halogens is 3. The second-order valence-corrected chi connectivity index (χ2v) is 5.23. The Bertz CT molecular complexity index is 518. The quantitative estimate of drug-likeness (QED) is 0.473. The van der Waals surface area contributed by atoms with Gasteiger partial charge in [-0.1, -0.05) is 37.5 Å². The lowest BCUT2D eigenvalue weighted by Gasteiger charge is -2.15. The maximum Gasteiger partial charge on any atom is 0.194 e. The molecule has 0 saturated carbocycles. The summed E-state index contributed by atoms with van der Waals surface area (Å²) >= 11 is 0. The summed E-state index contributed by atoms with van der Waals surface area (Å²) in [5.74, 6) is -3.65. The molecule has 20 heavy (non-hydrogen) atoms. The lowest BCUT2D eigenvalue weighted by Crippen LogP contribution is -1.98. The first-order chi connectivity index (χ1) is 9.61. The van der Waals surface area contributed by atoms with Crippen LogP contribution >= 0.6 is 0 Å². The van der Waals surface area contributed by atoms with Crippen LogP contribution in [0.15, 0.2) is 29.9 Å². The van der Waals surface area contributed by atoms with E-state index >= 15 is 0 Å². The summed E-state index contributed by atoms with van der Waals surface area (Å²) < 4.78 is 39.4. The summed E-state index contributed by atoms with van der Waals surface area (Å²) in [5.41, 5.74) is 2.68. The molecular weight excluding hydrogens is 261 g/mol. The first-order valence-electron chi connectivity index (χ1n) is 7.15. The van der Waals surface area contributed by atoms with Crippen molar-refractivity contribution in [2.24, 2.45) is 0 Å². The van der Waals surface area contributed by atoms with Crippen molar-refractivity contribution in [2.45, 2.75) is 45.4 Å². The molecule has 0 radical (unpaired) electrons. The molecule has 3 heteroatoms. The van der Waals surface area contributed by atoms with Crippen LogP contribution in [0.5, 0.6) is 0 Å². The number of rotatable bonds is 5. The maximum absolute atomic E-state index is 13.2. The second kappa shape index (κ2) is 6.78. The lowest BCUT2D eigenvalue weighted by molar-refractivity contribution is 0.446. The molecule has 0 spiro atoms. The van der Waals surface area contributed by atoms with Crippen LogP contribution in [0.2, 0.25) is 0 Å². The minimum atomic E-state index is -1.40. The molecule has 0 fully saturated rings. The number of unbranched alkanes of at least 4 members (excludes halogenated alkanes) is 2. The van der Waals surface area contributed by atoms with Crippen LogP contribution in [0.3, 0.4) is 0 Å². The van der Waals surface area contributed by atoms with Crippen LogP contribution in [0.1, 0.15) is 51.0 Å². The maximum atomic E-state index is 13.2. The Morgan fingerprint density at radius 2 is 1.65 bits per heavy atom. The zero-order chi connectivity index (χ0) is 14.5. The van der Waals surface area contributed by atoms with E-state index in [-0.39, 0.29) is 0 Å². The molecule has 0 aromatic heterocycles. The predicted molar refractivity (Wildman–Crippen MR) is 75.8 cm³/mol. The largest absolute Gasteiger partial charge is 0.204 e. The molecule has 0 N–H and O–H groups in total. The zero-order valence-electron chi connectivity index (χ0n) is 11.7. The highest BCUT2D eigenvalue weighted by Gasteiger charge is 2.14. The van der Waals surface area contributed by atoms with Crippen molar-refractivity contribution in [3.63, 3.8) is 0 Å². The van der Waals surface area contributed by atoms with Crippen LogP contribution in [-0.2, 0) is 0 Å². The highest BCUT2D eigenvalue weighted by molar-refractivity contribution is 5.68. The Hall–Kier alpha value is -1.51. The van der Waals surface area contributed by atoms with Crippen LogP contribution in [0.25, 0.3) is 5.57 Å². The minimum Gasteiger partial charge on any atom is -0.204 e. The average Bonchev–Trinajstić information content (AvgIpc) is 2.45. The fourth-order valence-corrected chi connectivity index (χ4v) is 2.47. The molecule has 1 aromatic rings. The molecule has 0 nitrogen and oxygen atoms in total. The minimum absolute atomic E-state index is 0.435. The van der Waals surface area contributed by atoms with Crippen molar-refractivity contribution in [3.8, 4) is 0 Å². The molecule has 0 aliphatic heterocycles. The molecule has 0 amide bonds. The normalized spacial score (nSPS) is 15.0. The second-order valence-electron chi connectivity index (χ2n) is 5.23. The molecule has 0 heterocycles. The van der Waals surface area contributed by atoms with E-state index in [1.54, 1.807) is 0 Å². The fourth-order valence-electron chi connectivity index (χ4n) is 2.47. The van der Waals surface area contributed by atoms with Gasteiger partial charge in [0, 0.05) is 0 Å². The monoisotopic (exact) mass is 280 g/mol. The van der Waals surface area contributed by atoms with E-state index in [9.17, 15) is 13.2 Å². The van der Waals surface area contributed by atoms with Gasteiger partial charge in [0.2, 0.25) is 0 Å². The number of benzene rings is 1. The van der Waals surface area contributed by atoms with Gasteiger partial charge in [-0.05, 0) is 49.0 Å². The molecule has 1 aromatic carbocycles. The van der Waals surface area contributed by atoms with Crippen LogP contribution in [0, 0.1) is 17.5 Å². The first-order valence-corrected chi connectivity index (χ1v) is 7.15. The third-order valence-corrected chi connectivity index (χ3v) is 3.69. The van der Waals surface area contributed by atoms with Gasteiger partial charge in [-0.25, -0.2) is 13.2 Å². The molecule has 0 unspecified atom stereocenters. The van der Waals surface area contributed by atoms with Gasteiger partial charge in [0.05, 0.1) is 0 Å². The van der Waals surface area contributed by atoms with E-state index in [1.807, 2.05) is 12.2 Å². The van der Waals surface area contributed by atoms with Gasteiger partial charge < -0.3 is 0 Å². The molecule has 0 saturated heterocycles. The van der Waals surface area contributed by atoms with Crippen molar-refractivity contribution >= 4 is 5.57 Å². The first kappa shape index (κ1) is 14.9. The van der Waals surface area contributed by atoms with Gasteiger partial charge in [0.1, 0.15) is 0 Å². The van der Waals surface area contributed by atoms with E-state index in [2.05, 4.69) is 6.92 Å². The standard InChI is InChI=1S/C17H19F3/c1-2-3-4-5-12-6-8-13(9-7-12)14-10-15(18)17(20)16(19)11-14/h6,8,10-11H,2-5,7,9H2,1H3. The fraction of sp³-hybridized carbons (Fsp3) is 0.412. The lowest BCUT2D eigenvalue weighted by atomic mass is 9.91. The zero-order valence-corrected chi connectivity index (χ0v) is 11.7. The summed E-state index contributed by atoms with van der Waals surface area (Å²) in [7, 11) is 0. The highest BCUT2D eigenvalue weighted by atomic mass is 19.2. The average molecular weight is 280 g/mol. The molecule has 1 aliphatic carbocycles. The van der Waals surface area contributed by atoms with Gasteiger partial charge in [-0.2, -0.15) is 0 Å². The SMILES string of the molecule is CCCCCC1=CC=C(c2cc(F)c(F)c(F)c2)CC1. The van der Waals surface area contributed by atoms with Gasteiger partial charge in [0.25, 0.3) is 0 Å². The van der Waals surface area contributed by atoms with E-state index in [0.29, 0.717) is 5.56 Å². The van der Waals surface area contributed by atoms with Crippen LogP contribution in [-0.4, -0.2) is 0 Å². The Balaban J connectivity index is 2.11.